The van der Waals surface area contributed by atoms with Gasteiger partial charge in [0.25, 0.3) is 0 Å². The molecule has 0 N–H and O–H groups in total. The van der Waals surface area contributed by atoms with Crippen LogP contribution in [0.25, 0.3) is 0 Å². The molecule has 1 saturated heterocycles. The fourth-order valence-corrected chi connectivity index (χ4v) is 2.16. The number of hydrogen-bond donors (Lipinski definition) is 0. The quantitative estimate of drug-likeness (QED) is 0.671. The van der Waals surface area contributed by atoms with Gasteiger partial charge in [0, 0.05) is 12.8 Å². The minimum absolute atomic E-state index is 0.454. The number of ether oxygens (including phenoxy) is 2. The molecule has 0 aromatic rings. The van der Waals surface area contributed by atoms with E-state index in [1.165, 1.54) is 0 Å². The molecule has 16 heavy (non-hydrogen) atoms. The molecule has 2 fully saturated rings. The van der Waals surface area contributed by atoms with Crippen molar-refractivity contribution in [3.8, 4) is 0 Å². The lowest BCUT2D eigenvalue weighted by molar-refractivity contribution is -0.167. The Bertz CT molecular complexity index is 371. The summed E-state index contributed by atoms with van der Waals surface area (Å²) in [4.78, 5) is 0. The van der Waals surface area contributed by atoms with Gasteiger partial charge in [0.2, 0.25) is 0 Å². The van der Waals surface area contributed by atoms with Crippen LogP contribution in [-0.2, 0) is 23.9 Å². The summed E-state index contributed by atoms with van der Waals surface area (Å²) in [5.74, 6) is -0.454. The van der Waals surface area contributed by atoms with Gasteiger partial charge in [-0.15, -0.1) is 0 Å². The van der Waals surface area contributed by atoms with Crippen LogP contribution in [-0.4, -0.2) is 39.4 Å². The van der Waals surface area contributed by atoms with E-state index in [9.17, 15) is 8.42 Å². The van der Waals surface area contributed by atoms with E-state index < -0.39 is 15.9 Å². The molecule has 2 aliphatic rings. The second-order valence-electron chi connectivity index (χ2n) is 4.04. The van der Waals surface area contributed by atoms with Crippen LogP contribution in [0, 0.1) is 0 Å². The highest BCUT2D eigenvalue weighted by molar-refractivity contribution is 7.85. The van der Waals surface area contributed by atoms with Crippen LogP contribution < -0.4 is 0 Å². The van der Waals surface area contributed by atoms with Crippen LogP contribution in [0.4, 0.5) is 0 Å². The molecule has 7 heteroatoms. The van der Waals surface area contributed by atoms with Gasteiger partial charge in [-0.05, 0) is 12.8 Å². The smallest absolute Gasteiger partial charge is 0.325 e. The zero-order chi connectivity index (χ0) is 11.6. The molecule has 1 saturated carbocycles. The highest BCUT2D eigenvalue weighted by atomic mass is 32.2. The average molecular weight is 249 g/mol. The molecule has 92 valence electrons. The highest BCUT2D eigenvalue weighted by Gasteiger charge is 2.39. The van der Waals surface area contributed by atoms with E-state index in [1.54, 1.807) is 0 Å². The molecule has 0 amide bonds. The fourth-order valence-electron chi connectivity index (χ4n) is 1.92. The van der Waals surface area contributed by atoms with Gasteiger partial charge in [0.05, 0.1) is 25.2 Å². The monoisotopic (exact) mass is 249 g/mol. The molecule has 0 atom stereocenters. The van der Waals surface area contributed by atoms with E-state index in [2.05, 4.69) is 9.44 Å². The second-order valence-corrected chi connectivity index (χ2v) is 5.60. The first-order chi connectivity index (χ1) is 7.49. The van der Waals surface area contributed by atoms with Crippen molar-refractivity contribution in [1.82, 2.24) is 0 Å². The van der Waals surface area contributed by atoms with Gasteiger partial charge in [-0.25, -0.2) is 0 Å². The second kappa shape index (κ2) is 4.31. The van der Waals surface area contributed by atoms with Gasteiger partial charge < -0.3 is 9.47 Å². The summed E-state index contributed by atoms with van der Waals surface area (Å²) >= 11 is 0. The molecule has 0 radical (unpaired) electrons. The Hall–Kier alpha value is -0.660. The maximum Gasteiger partial charge on any atom is 0.325 e. The van der Waals surface area contributed by atoms with Crippen LogP contribution in [0.3, 0.4) is 0 Å². The Balaban J connectivity index is 1.89. The molecular formula is C9H15NO5S. The first-order valence-corrected chi connectivity index (χ1v) is 7.03. The molecule has 0 aromatic carbocycles. The zero-order valence-electron chi connectivity index (χ0n) is 9.14. The Kier molecular flexibility index (Phi) is 3.18. The van der Waals surface area contributed by atoms with Crippen molar-refractivity contribution < 1.29 is 22.2 Å². The van der Waals surface area contributed by atoms with Crippen molar-refractivity contribution in [1.29, 1.82) is 0 Å². The van der Waals surface area contributed by atoms with Crippen molar-refractivity contribution in [2.75, 3.05) is 19.5 Å². The topological polar surface area (TPSA) is 74.2 Å². The Labute approximate surface area is 94.7 Å². The SMILES string of the molecule is CS(=O)(=O)ON=C1CCC2(CC1)OCCO2. The molecule has 1 spiro atoms. The lowest BCUT2D eigenvalue weighted by Gasteiger charge is -2.31. The number of oxime groups is 1. The molecule has 1 aliphatic heterocycles. The standard InChI is InChI=1S/C9H15NO5S/c1-16(11,12)15-10-8-2-4-9(5-3-8)13-6-7-14-9/h2-7H2,1H3. The summed E-state index contributed by atoms with van der Waals surface area (Å²) in [7, 11) is -3.50. The van der Waals surface area contributed by atoms with Crippen molar-refractivity contribution in [2.24, 2.45) is 5.16 Å². The van der Waals surface area contributed by atoms with Crippen molar-refractivity contribution in [3.05, 3.63) is 0 Å². The highest BCUT2D eigenvalue weighted by Crippen LogP contribution is 2.34. The lowest BCUT2D eigenvalue weighted by Crippen LogP contribution is -2.35. The third-order valence-electron chi connectivity index (χ3n) is 2.70. The van der Waals surface area contributed by atoms with Gasteiger partial charge in [-0.3, -0.25) is 4.28 Å². The molecule has 0 aromatic heterocycles. The Morgan fingerprint density at radius 2 is 1.81 bits per heavy atom. The van der Waals surface area contributed by atoms with E-state index in [4.69, 9.17) is 9.47 Å². The number of nitrogens with zero attached hydrogens (tertiary/aromatic N) is 1. The van der Waals surface area contributed by atoms with Crippen molar-refractivity contribution in [2.45, 2.75) is 31.5 Å². The fraction of sp³-hybridized carbons (Fsp3) is 0.889. The van der Waals surface area contributed by atoms with Crippen LogP contribution in [0.1, 0.15) is 25.7 Å². The van der Waals surface area contributed by atoms with Crippen LogP contribution in [0.15, 0.2) is 5.16 Å². The molecule has 2 rings (SSSR count). The van der Waals surface area contributed by atoms with E-state index in [-0.39, 0.29) is 0 Å². The number of hydrogen-bond acceptors (Lipinski definition) is 6. The molecule has 6 nitrogen and oxygen atoms in total. The summed E-state index contributed by atoms with van der Waals surface area (Å²) in [6.07, 6.45) is 3.69. The lowest BCUT2D eigenvalue weighted by atomic mass is 9.92. The molecular weight excluding hydrogens is 234 g/mol. The summed E-state index contributed by atoms with van der Waals surface area (Å²) in [5, 5.41) is 3.63. The van der Waals surface area contributed by atoms with E-state index in [0.717, 1.165) is 12.0 Å². The van der Waals surface area contributed by atoms with E-state index in [1.807, 2.05) is 0 Å². The first kappa shape index (κ1) is 11.8. The molecule has 0 bridgehead atoms. The third kappa shape index (κ3) is 2.93. The number of rotatable bonds is 2. The predicted molar refractivity (Wildman–Crippen MR) is 56.5 cm³/mol. The summed E-state index contributed by atoms with van der Waals surface area (Å²) in [5.41, 5.74) is 0.746. The van der Waals surface area contributed by atoms with Gasteiger partial charge in [0.15, 0.2) is 5.79 Å². The summed E-state index contributed by atoms with van der Waals surface area (Å²) < 4.78 is 37.0. The molecule has 1 heterocycles. The van der Waals surface area contributed by atoms with Crippen LogP contribution in [0.5, 0.6) is 0 Å². The minimum atomic E-state index is -3.50. The third-order valence-corrected chi connectivity index (χ3v) is 3.05. The summed E-state index contributed by atoms with van der Waals surface area (Å²) in [6.45, 7) is 1.26. The van der Waals surface area contributed by atoms with Crippen LogP contribution in [0.2, 0.25) is 0 Å². The van der Waals surface area contributed by atoms with Crippen molar-refractivity contribution in [3.63, 3.8) is 0 Å². The maximum absolute atomic E-state index is 10.7. The molecule has 0 unspecified atom stereocenters. The zero-order valence-corrected chi connectivity index (χ0v) is 9.96. The Morgan fingerprint density at radius 1 is 1.25 bits per heavy atom. The first-order valence-electron chi connectivity index (χ1n) is 5.21. The Morgan fingerprint density at radius 3 is 2.31 bits per heavy atom. The van der Waals surface area contributed by atoms with Gasteiger partial charge in [-0.1, -0.05) is 5.16 Å². The predicted octanol–water partition coefficient (Wildman–Crippen LogP) is 0.636. The van der Waals surface area contributed by atoms with Crippen LogP contribution >= 0.6 is 0 Å². The van der Waals surface area contributed by atoms with E-state index >= 15 is 0 Å². The normalized spacial score (nSPS) is 24.7. The summed E-state index contributed by atoms with van der Waals surface area (Å²) in [6, 6.07) is 0. The van der Waals surface area contributed by atoms with E-state index in [0.29, 0.717) is 38.9 Å². The minimum Gasteiger partial charge on any atom is -0.348 e. The average Bonchev–Trinajstić information content (AvgIpc) is 2.65. The van der Waals surface area contributed by atoms with Gasteiger partial charge >= 0.3 is 10.1 Å². The maximum atomic E-state index is 10.7. The van der Waals surface area contributed by atoms with Gasteiger partial charge in [0.1, 0.15) is 0 Å². The molecule has 1 aliphatic carbocycles. The van der Waals surface area contributed by atoms with Gasteiger partial charge in [-0.2, -0.15) is 8.42 Å². The largest absolute Gasteiger partial charge is 0.348 e. The van der Waals surface area contributed by atoms with Crippen molar-refractivity contribution >= 4 is 15.8 Å².